The molecule has 0 bridgehead atoms. The highest BCUT2D eigenvalue weighted by atomic mass is 16.5. The maximum atomic E-state index is 9.45. The van der Waals surface area contributed by atoms with Gasteiger partial charge in [0.2, 0.25) is 0 Å². The van der Waals surface area contributed by atoms with Gasteiger partial charge in [-0.1, -0.05) is 0 Å². The monoisotopic (exact) mass is 239 g/mol. The number of nitrogens with zero attached hydrogens (tertiary/aromatic N) is 2. The molecule has 0 radical (unpaired) electrons. The summed E-state index contributed by atoms with van der Waals surface area (Å²) in [5.41, 5.74) is 2.03. The molecule has 5 nitrogen and oxygen atoms in total. The van der Waals surface area contributed by atoms with Crippen molar-refractivity contribution in [2.45, 2.75) is 31.9 Å². The Kier molecular flexibility index (Phi) is 4.15. The zero-order valence-corrected chi connectivity index (χ0v) is 10.5. The van der Waals surface area contributed by atoms with Gasteiger partial charge in [0.05, 0.1) is 24.4 Å². The normalized spacial score (nSPS) is 21.9. The number of hydrogen-bond acceptors (Lipinski definition) is 4. The molecule has 0 saturated carbocycles. The van der Waals surface area contributed by atoms with E-state index in [0.717, 1.165) is 37.3 Å². The van der Waals surface area contributed by atoms with Crippen LogP contribution < -0.4 is 5.32 Å². The third-order valence-electron chi connectivity index (χ3n) is 3.23. The van der Waals surface area contributed by atoms with E-state index in [0.29, 0.717) is 6.10 Å². The first-order valence-corrected chi connectivity index (χ1v) is 6.16. The first kappa shape index (κ1) is 12.5. The molecule has 1 fully saturated rings. The van der Waals surface area contributed by atoms with E-state index >= 15 is 0 Å². The molecule has 1 aromatic heterocycles. The van der Waals surface area contributed by atoms with Gasteiger partial charge >= 0.3 is 0 Å². The molecular weight excluding hydrogens is 218 g/mol. The van der Waals surface area contributed by atoms with Crippen LogP contribution in [-0.4, -0.2) is 40.7 Å². The molecule has 0 aliphatic carbocycles. The van der Waals surface area contributed by atoms with Crippen LogP contribution in [0.1, 0.15) is 30.1 Å². The SMILES string of the molecule is Cc1nn(C)cc1C(CO)NCC1CCCO1. The molecule has 17 heavy (non-hydrogen) atoms. The van der Waals surface area contributed by atoms with E-state index in [4.69, 9.17) is 4.74 Å². The number of hydrogen-bond donors (Lipinski definition) is 2. The molecule has 2 rings (SSSR count). The van der Waals surface area contributed by atoms with E-state index in [1.807, 2.05) is 20.2 Å². The van der Waals surface area contributed by atoms with Crippen molar-refractivity contribution >= 4 is 0 Å². The minimum Gasteiger partial charge on any atom is -0.394 e. The van der Waals surface area contributed by atoms with Crippen LogP contribution in [0, 0.1) is 6.92 Å². The molecule has 1 aromatic rings. The van der Waals surface area contributed by atoms with Gasteiger partial charge in [-0.2, -0.15) is 5.10 Å². The Balaban J connectivity index is 1.93. The summed E-state index contributed by atoms with van der Waals surface area (Å²) < 4.78 is 7.33. The molecule has 0 spiro atoms. The molecule has 2 N–H and O–H groups in total. The minimum atomic E-state index is -0.0482. The molecule has 2 unspecified atom stereocenters. The van der Waals surface area contributed by atoms with Crippen LogP contribution >= 0.6 is 0 Å². The van der Waals surface area contributed by atoms with Crippen LogP contribution in [-0.2, 0) is 11.8 Å². The number of aromatic nitrogens is 2. The van der Waals surface area contributed by atoms with Crippen molar-refractivity contribution in [3.63, 3.8) is 0 Å². The van der Waals surface area contributed by atoms with Gasteiger partial charge in [-0.3, -0.25) is 4.68 Å². The van der Waals surface area contributed by atoms with Gasteiger partial charge in [-0.15, -0.1) is 0 Å². The van der Waals surface area contributed by atoms with Gasteiger partial charge in [0.15, 0.2) is 0 Å². The quantitative estimate of drug-likeness (QED) is 0.787. The maximum absolute atomic E-state index is 9.45. The van der Waals surface area contributed by atoms with E-state index in [1.54, 1.807) is 4.68 Å². The van der Waals surface area contributed by atoms with Gasteiger partial charge in [-0.05, 0) is 19.8 Å². The third-order valence-corrected chi connectivity index (χ3v) is 3.23. The van der Waals surface area contributed by atoms with Gasteiger partial charge < -0.3 is 15.2 Å². The van der Waals surface area contributed by atoms with Crippen LogP contribution in [0.2, 0.25) is 0 Å². The molecule has 2 heterocycles. The van der Waals surface area contributed by atoms with Crippen LogP contribution in [0.15, 0.2) is 6.20 Å². The van der Waals surface area contributed by atoms with Gasteiger partial charge in [0, 0.05) is 32.0 Å². The number of nitrogens with one attached hydrogen (secondary N) is 1. The highest BCUT2D eigenvalue weighted by molar-refractivity contribution is 5.20. The second kappa shape index (κ2) is 5.62. The second-order valence-electron chi connectivity index (χ2n) is 4.62. The third kappa shape index (κ3) is 3.06. The zero-order valence-electron chi connectivity index (χ0n) is 10.5. The Morgan fingerprint density at radius 3 is 3.06 bits per heavy atom. The second-order valence-corrected chi connectivity index (χ2v) is 4.62. The van der Waals surface area contributed by atoms with E-state index in [1.165, 1.54) is 0 Å². The Hall–Kier alpha value is -0.910. The van der Waals surface area contributed by atoms with Crippen molar-refractivity contribution in [3.05, 3.63) is 17.5 Å². The highest BCUT2D eigenvalue weighted by Gasteiger charge is 2.19. The Labute approximate surface area is 102 Å². The average Bonchev–Trinajstić information content (AvgIpc) is 2.90. The lowest BCUT2D eigenvalue weighted by Crippen LogP contribution is -2.32. The molecule has 1 aliphatic rings. The van der Waals surface area contributed by atoms with Gasteiger partial charge in [-0.25, -0.2) is 0 Å². The van der Waals surface area contributed by atoms with Crippen molar-refractivity contribution in [1.82, 2.24) is 15.1 Å². The first-order valence-electron chi connectivity index (χ1n) is 6.16. The number of rotatable bonds is 5. The smallest absolute Gasteiger partial charge is 0.0700 e. The summed E-state index contributed by atoms with van der Waals surface area (Å²) in [5.74, 6) is 0. The van der Waals surface area contributed by atoms with E-state index in [-0.39, 0.29) is 12.6 Å². The van der Waals surface area contributed by atoms with Crippen LogP contribution in [0.25, 0.3) is 0 Å². The number of aryl methyl sites for hydroxylation is 2. The Bertz CT molecular complexity index is 359. The predicted octanol–water partition coefficient (Wildman–Crippen LogP) is 0.531. The number of ether oxygens (including phenoxy) is 1. The summed E-state index contributed by atoms with van der Waals surface area (Å²) >= 11 is 0. The summed E-state index contributed by atoms with van der Waals surface area (Å²) in [7, 11) is 1.89. The molecule has 2 atom stereocenters. The maximum Gasteiger partial charge on any atom is 0.0700 e. The van der Waals surface area contributed by atoms with Crippen LogP contribution in [0.3, 0.4) is 0 Å². The lowest BCUT2D eigenvalue weighted by atomic mass is 10.1. The van der Waals surface area contributed by atoms with E-state index in [2.05, 4.69) is 10.4 Å². The molecule has 0 aromatic carbocycles. The summed E-state index contributed by atoms with van der Waals surface area (Å²) in [6.45, 7) is 3.70. The van der Waals surface area contributed by atoms with Crippen molar-refractivity contribution in [3.8, 4) is 0 Å². The van der Waals surface area contributed by atoms with Gasteiger partial charge in [0.1, 0.15) is 0 Å². The van der Waals surface area contributed by atoms with Crippen molar-refractivity contribution in [1.29, 1.82) is 0 Å². The van der Waals surface area contributed by atoms with Gasteiger partial charge in [0.25, 0.3) is 0 Å². The highest BCUT2D eigenvalue weighted by Crippen LogP contribution is 2.17. The molecule has 1 saturated heterocycles. The summed E-state index contributed by atoms with van der Waals surface area (Å²) in [4.78, 5) is 0. The fourth-order valence-electron chi connectivity index (χ4n) is 2.31. The van der Waals surface area contributed by atoms with Crippen molar-refractivity contribution in [2.75, 3.05) is 19.8 Å². The van der Waals surface area contributed by atoms with E-state index in [9.17, 15) is 5.11 Å². The summed E-state index contributed by atoms with van der Waals surface area (Å²) in [6, 6.07) is -0.0482. The largest absolute Gasteiger partial charge is 0.394 e. The summed E-state index contributed by atoms with van der Waals surface area (Å²) in [6.07, 6.45) is 4.50. The Morgan fingerprint density at radius 1 is 1.71 bits per heavy atom. The first-order chi connectivity index (χ1) is 8.20. The Morgan fingerprint density at radius 2 is 2.53 bits per heavy atom. The van der Waals surface area contributed by atoms with Crippen LogP contribution in [0.4, 0.5) is 0 Å². The van der Waals surface area contributed by atoms with Crippen LogP contribution in [0.5, 0.6) is 0 Å². The van der Waals surface area contributed by atoms with E-state index < -0.39 is 0 Å². The minimum absolute atomic E-state index is 0.0482. The fourth-order valence-corrected chi connectivity index (χ4v) is 2.31. The molecule has 1 aliphatic heterocycles. The van der Waals surface area contributed by atoms with Crippen molar-refractivity contribution < 1.29 is 9.84 Å². The fraction of sp³-hybridized carbons (Fsp3) is 0.750. The molecule has 5 heteroatoms. The van der Waals surface area contributed by atoms with Crippen molar-refractivity contribution in [2.24, 2.45) is 7.05 Å². The number of aliphatic hydroxyl groups excluding tert-OH is 1. The average molecular weight is 239 g/mol. The predicted molar refractivity (Wildman–Crippen MR) is 64.7 cm³/mol. The zero-order chi connectivity index (χ0) is 12.3. The topological polar surface area (TPSA) is 59.3 Å². The molecule has 0 amide bonds. The summed E-state index contributed by atoms with van der Waals surface area (Å²) in [5, 5.41) is 17.1. The number of aliphatic hydroxyl groups is 1. The molecular formula is C12H21N3O2. The standard InChI is InChI=1S/C12H21N3O2/c1-9-11(7-15(2)14-9)12(8-16)13-6-10-4-3-5-17-10/h7,10,12-13,16H,3-6,8H2,1-2H3. The lowest BCUT2D eigenvalue weighted by Gasteiger charge is -2.18. The molecule has 96 valence electrons. The lowest BCUT2D eigenvalue weighted by molar-refractivity contribution is 0.104.